The molecule has 1 saturated heterocycles. The van der Waals surface area contributed by atoms with Crippen LogP contribution in [0.1, 0.15) is 101 Å². The van der Waals surface area contributed by atoms with E-state index in [1.807, 2.05) is 111 Å². The molecule has 0 aromatic carbocycles. The molecular weight excluding hydrogens is 811 g/mol. The summed E-state index contributed by atoms with van der Waals surface area (Å²) in [4.78, 5) is 48.8. The minimum Gasteiger partial charge on any atom is -0.510 e. The van der Waals surface area contributed by atoms with Crippen molar-refractivity contribution < 1.29 is 63.3 Å². The number of amides is 1. The average molecular weight is 884 g/mol. The van der Waals surface area contributed by atoms with Crippen LogP contribution in [0.3, 0.4) is 0 Å². The van der Waals surface area contributed by atoms with Crippen LogP contribution in [0.2, 0.25) is 0 Å². The molecule has 3 rings (SSSR count). The van der Waals surface area contributed by atoms with Crippen LogP contribution in [0.15, 0.2) is 95.2 Å². The summed E-state index contributed by atoms with van der Waals surface area (Å²) in [5, 5.41) is 43.7. The molecule has 1 amide bonds. The monoisotopic (exact) mass is 884 g/mol. The third-order valence-electron chi connectivity index (χ3n) is 11.5. The molecule has 352 valence electrons. The fraction of sp³-hybridized carbons (Fsp3) is 0.592. The minimum absolute atomic E-state index is 0.0490. The molecule has 14 nitrogen and oxygen atoms in total. The highest BCUT2D eigenvalue weighted by Crippen LogP contribution is 2.38. The predicted molar refractivity (Wildman–Crippen MR) is 240 cm³/mol. The van der Waals surface area contributed by atoms with Crippen LogP contribution in [-0.4, -0.2) is 101 Å². The summed E-state index contributed by atoms with van der Waals surface area (Å²) >= 11 is 0. The first-order chi connectivity index (χ1) is 29.6. The smallest absolute Gasteiger partial charge is 0.373 e. The highest BCUT2D eigenvalue weighted by Gasteiger charge is 2.47. The van der Waals surface area contributed by atoms with Crippen molar-refractivity contribution in [2.75, 3.05) is 14.2 Å². The number of carbonyl (C=O) groups excluding carboxylic acids is 4. The van der Waals surface area contributed by atoms with E-state index in [-0.39, 0.29) is 71.9 Å². The van der Waals surface area contributed by atoms with Gasteiger partial charge in [-0.1, -0.05) is 108 Å². The maximum absolute atomic E-state index is 12.9. The lowest BCUT2D eigenvalue weighted by molar-refractivity contribution is -0.298. The normalized spacial score (nSPS) is 33.0. The molecule has 3 aliphatic rings. The van der Waals surface area contributed by atoms with Gasteiger partial charge in [-0.05, 0) is 45.6 Å². The highest BCUT2D eigenvalue weighted by atomic mass is 16.6. The second-order valence-electron chi connectivity index (χ2n) is 17.1. The van der Waals surface area contributed by atoms with Crippen molar-refractivity contribution in [3.05, 3.63) is 95.2 Å². The molecular formula is C49H73NO13. The Labute approximate surface area is 374 Å². The number of hydrogen-bond donors (Lipinski definition) is 5. The van der Waals surface area contributed by atoms with Crippen molar-refractivity contribution in [1.29, 1.82) is 0 Å². The molecule has 2 aliphatic heterocycles. The van der Waals surface area contributed by atoms with Crippen molar-refractivity contribution in [3.63, 3.8) is 0 Å². The number of allylic oxidation sites excluding steroid dienone is 10. The zero-order valence-electron chi connectivity index (χ0n) is 39.2. The Hall–Kier alpha value is -4.60. The number of aliphatic hydroxyl groups is 4. The lowest BCUT2D eigenvalue weighted by atomic mass is 9.84. The van der Waals surface area contributed by atoms with Gasteiger partial charge in [-0.15, -0.1) is 0 Å². The third-order valence-corrected chi connectivity index (χ3v) is 11.5. The first kappa shape index (κ1) is 54.5. The highest BCUT2D eigenvalue weighted by molar-refractivity contribution is 6.04. The summed E-state index contributed by atoms with van der Waals surface area (Å²) in [5.74, 6) is -4.92. The van der Waals surface area contributed by atoms with Crippen LogP contribution >= 0.6 is 0 Å². The van der Waals surface area contributed by atoms with Gasteiger partial charge in [0, 0.05) is 62.2 Å². The zero-order valence-corrected chi connectivity index (χ0v) is 39.2. The Balaban J connectivity index is 0.000000434. The van der Waals surface area contributed by atoms with E-state index in [4.69, 9.17) is 23.7 Å². The number of methoxy groups -OCH3 is 2. The Kier molecular flexibility index (Phi) is 22.7. The molecule has 0 aromatic rings. The molecule has 0 radical (unpaired) electrons. The first-order valence-corrected chi connectivity index (χ1v) is 21.8. The zero-order chi connectivity index (χ0) is 47.6. The van der Waals surface area contributed by atoms with Gasteiger partial charge in [-0.3, -0.25) is 9.59 Å². The Morgan fingerprint density at radius 2 is 1.73 bits per heavy atom. The molecule has 2 heterocycles. The van der Waals surface area contributed by atoms with Crippen molar-refractivity contribution >= 4 is 23.6 Å². The Morgan fingerprint density at radius 3 is 2.30 bits per heavy atom. The van der Waals surface area contributed by atoms with Crippen molar-refractivity contribution in [2.45, 2.75) is 144 Å². The standard InChI is InChI=1S/C25H40O6.C24H33NO7/c1-15-10-9-11-21(29-7)24(19(5)20(6)26)31-25(28)22(30-8)14-16(2)13-18(4)23(27)17(3)12-15;1-5-6-7-8-9-19-16(4)20(14-24(30,32-19)15(2)3)31-22(29)13-12-21(28)25-23-17(26)10-11-18(23)27/h9-11,13-14,17-21,23-24,26-27H,12H2,1-8H3;6-9,12-13,15-16,19-20,26,30H,5,10-11,14H2,1-4H3,(H,25,28)/b11-9+,15-10+,16-13+,22-14-;7-6+,9-8+,13-12+/t17-,18?,19-,20-,21-,23-,24+;16-,19-,20-,24-/m01/s1. The number of ketones is 1. The van der Waals surface area contributed by atoms with Gasteiger partial charge in [0.05, 0.1) is 25.4 Å². The maximum atomic E-state index is 12.9. The first-order valence-electron chi connectivity index (χ1n) is 21.8. The van der Waals surface area contributed by atoms with Crippen LogP contribution in [-0.2, 0) is 42.9 Å². The van der Waals surface area contributed by atoms with E-state index >= 15 is 0 Å². The van der Waals surface area contributed by atoms with Gasteiger partial charge in [-0.25, -0.2) is 9.59 Å². The molecule has 1 aliphatic carbocycles. The SMILES string of the molecule is CC/C=C/C=C/[C@H]1O[C@@](O)(C(C)C)C[C@@H](OC(=O)/C=C/C(=O)NC2=C(O)CCC2=O)[C@@H]1C.CO/C1=C\C(C)=C\C(C)[C@@H](O)[C@@H](C)C/C(C)=C/C=C/[C@H](OC)[C@@H]([C@@H](C)[C@H](C)O)OC1=O. The number of Topliss-reactive ketones (excluding diaryl/α,β-unsaturated/α-hetero) is 1. The predicted octanol–water partition coefficient (Wildman–Crippen LogP) is 6.94. The van der Waals surface area contributed by atoms with Crippen molar-refractivity contribution in [1.82, 2.24) is 5.32 Å². The minimum atomic E-state index is -1.46. The summed E-state index contributed by atoms with van der Waals surface area (Å²) in [6.45, 7) is 18.9. The molecule has 0 bridgehead atoms. The molecule has 5 N–H and O–H groups in total. The van der Waals surface area contributed by atoms with Crippen LogP contribution in [0, 0.1) is 29.6 Å². The number of cyclic esters (lactones) is 1. The number of hydrogen-bond acceptors (Lipinski definition) is 13. The molecule has 63 heavy (non-hydrogen) atoms. The van der Waals surface area contributed by atoms with E-state index in [1.54, 1.807) is 20.1 Å². The molecule has 0 spiro atoms. The van der Waals surface area contributed by atoms with E-state index in [1.165, 1.54) is 7.11 Å². The van der Waals surface area contributed by atoms with Crippen LogP contribution in [0.25, 0.3) is 0 Å². The third kappa shape index (κ3) is 17.1. The number of ether oxygens (including phenoxy) is 5. The number of nitrogens with one attached hydrogen (secondary N) is 1. The summed E-state index contributed by atoms with van der Waals surface area (Å²) in [7, 11) is 2.95. The second-order valence-corrected chi connectivity index (χ2v) is 17.1. The van der Waals surface area contributed by atoms with Crippen molar-refractivity contribution in [2.24, 2.45) is 29.6 Å². The topological polar surface area (TPSA) is 207 Å². The van der Waals surface area contributed by atoms with Gasteiger partial charge in [0.15, 0.2) is 11.6 Å². The molecule has 0 saturated carbocycles. The summed E-state index contributed by atoms with van der Waals surface area (Å²) in [5.41, 5.74) is 1.77. The van der Waals surface area contributed by atoms with Gasteiger partial charge >= 0.3 is 11.9 Å². The molecule has 1 fully saturated rings. The summed E-state index contributed by atoms with van der Waals surface area (Å²) < 4.78 is 28.1. The lowest BCUT2D eigenvalue weighted by Gasteiger charge is -2.45. The Morgan fingerprint density at radius 1 is 1.05 bits per heavy atom. The number of esters is 2. The maximum Gasteiger partial charge on any atom is 0.373 e. The number of carbonyl (C=O) groups is 4. The quantitative estimate of drug-likeness (QED) is 0.0766. The fourth-order valence-electron chi connectivity index (χ4n) is 7.25. The van der Waals surface area contributed by atoms with Gasteiger partial charge in [0.1, 0.15) is 29.8 Å². The van der Waals surface area contributed by atoms with E-state index in [0.29, 0.717) is 0 Å². The van der Waals surface area contributed by atoms with E-state index < -0.39 is 60.3 Å². The van der Waals surface area contributed by atoms with E-state index in [9.17, 15) is 39.6 Å². The summed E-state index contributed by atoms with van der Waals surface area (Å²) in [6, 6.07) is 0. The molecule has 11 atom stereocenters. The van der Waals surface area contributed by atoms with E-state index in [0.717, 1.165) is 36.1 Å². The summed E-state index contributed by atoms with van der Waals surface area (Å²) in [6.07, 6.45) is 17.1. The van der Waals surface area contributed by atoms with Gasteiger partial charge in [-0.2, -0.15) is 0 Å². The Bertz CT molecular complexity index is 1800. The molecule has 14 heteroatoms. The number of rotatable bonds is 12. The largest absolute Gasteiger partial charge is 0.510 e. The lowest BCUT2D eigenvalue weighted by Crippen LogP contribution is -2.54. The van der Waals surface area contributed by atoms with Gasteiger partial charge < -0.3 is 49.4 Å². The van der Waals surface area contributed by atoms with Crippen LogP contribution in [0.4, 0.5) is 0 Å². The molecule has 0 aromatic heterocycles. The average Bonchev–Trinajstić information content (AvgIpc) is 3.54. The number of aliphatic hydroxyl groups excluding tert-OH is 3. The fourth-order valence-corrected chi connectivity index (χ4v) is 7.25. The van der Waals surface area contributed by atoms with Crippen LogP contribution < -0.4 is 5.32 Å². The van der Waals surface area contributed by atoms with Crippen molar-refractivity contribution in [3.8, 4) is 0 Å². The van der Waals surface area contributed by atoms with E-state index in [2.05, 4.69) is 5.32 Å². The van der Waals surface area contributed by atoms with Crippen LogP contribution in [0.5, 0.6) is 0 Å². The van der Waals surface area contributed by atoms with Gasteiger partial charge in [0.25, 0.3) is 0 Å². The van der Waals surface area contributed by atoms with Gasteiger partial charge in [0.2, 0.25) is 11.7 Å². The molecule has 1 unspecified atom stereocenters. The second kappa shape index (κ2) is 26.3.